The van der Waals surface area contributed by atoms with Gasteiger partial charge < -0.3 is 9.47 Å². The molecule has 8 nitrogen and oxygen atoms in total. The second-order valence-electron chi connectivity index (χ2n) is 7.12. The van der Waals surface area contributed by atoms with E-state index in [4.69, 9.17) is 9.47 Å². The summed E-state index contributed by atoms with van der Waals surface area (Å²) in [5.41, 5.74) is 2.87. The van der Waals surface area contributed by atoms with Gasteiger partial charge in [-0.05, 0) is 39.5 Å². The Hall–Kier alpha value is -1.00. The van der Waals surface area contributed by atoms with Crippen LogP contribution in [-0.4, -0.2) is 73.9 Å². The lowest BCUT2D eigenvalue weighted by molar-refractivity contribution is 0.114. The van der Waals surface area contributed by atoms with E-state index in [2.05, 4.69) is 5.10 Å². The molecule has 1 aliphatic heterocycles. The van der Waals surface area contributed by atoms with Gasteiger partial charge in [0.25, 0.3) is 10.2 Å². The third kappa shape index (κ3) is 5.29. The molecule has 1 aliphatic rings. The van der Waals surface area contributed by atoms with Crippen molar-refractivity contribution in [3.63, 3.8) is 0 Å². The molecule has 0 spiro atoms. The molecular formula is C18H34N4O4S. The molecule has 0 bridgehead atoms. The van der Waals surface area contributed by atoms with Crippen LogP contribution in [-0.2, 0) is 32.8 Å². The highest BCUT2D eigenvalue weighted by Crippen LogP contribution is 2.24. The molecule has 0 saturated carbocycles. The van der Waals surface area contributed by atoms with Crippen LogP contribution in [0.25, 0.3) is 0 Å². The fraction of sp³-hybridized carbons (Fsp3) is 0.833. The lowest BCUT2D eigenvalue weighted by Gasteiger charge is -2.35. The van der Waals surface area contributed by atoms with Crippen LogP contribution >= 0.6 is 0 Å². The molecule has 0 aromatic carbocycles. The molecule has 1 aromatic heterocycles. The molecular weight excluding hydrogens is 368 g/mol. The van der Waals surface area contributed by atoms with Gasteiger partial charge in [-0.2, -0.15) is 22.1 Å². The minimum absolute atomic E-state index is 0.245. The van der Waals surface area contributed by atoms with E-state index < -0.39 is 10.2 Å². The van der Waals surface area contributed by atoms with Crippen molar-refractivity contribution in [3.8, 4) is 0 Å². The number of ether oxygens (including phenoxy) is 2. The Morgan fingerprint density at radius 1 is 1.26 bits per heavy atom. The number of piperidine rings is 1. The first kappa shape index (κ1) is 22.3. The normalized spacial score (nSPS) is 19.1. The molecule has 1 aromatic rings. The first-order valence-corrected chi connectivity index (χ1v) is 11.0. The van der Waals surface area contributed by atoms with Gasteiger partial charge in [-0.1, -0.05) is 0 Å². The van der Waals surface area contributed by atoms with Crippen molar-refractivity contribution in [2.45, 2.75) is 46.7 Å². The number of aryl methyl sites for hydroxylation is 2. The summed E-state index contributed by atoms with van der Waals surface area (Å²) in [6.45, 7) is 9.37. The third-order valence-electron chi connectivity index (χ3n) is 5.25. The summed E-state index contributed by atoms with van der Waals surface area (Å²) in [6.07, 6.45) is 1.86. The molecule has 0 amide bonds. The number of hydrogen-bond donors (Lipinski definition) is 0. The summed E-state index contributed by atoms with van der Waals surface area (Å²) < 4.78 is 42.2. The molecule has 1 saturated heterocycles. The van der Waals surface area contributed by atoms with Gasteiger partial charge >= 0.3 is 0 Å². The van der Waals surface area contributed by atoms with E-state index in [1.807, 2.05) is 25.5 Å². The summed E-state index contributed by atoms with van der Waals surface area (Å²) in [6, 6.07) is 0. The van der Waals surface area contributed by atoms with Crippen molar-refractivity contribution in [3.05, 3.63) is 17.0 Å². The van der Waals surface area contributed by atoms with Crippen LogP contribution in [0.15, 0.2) is 0 Å². The second-order valence-corrected chi connectivity index (χ2v) is 9.05. The van der Waals surface area contributed by atoms with Crippen molar-refractivity contribution in [2.75, 3.05) is 47.1 Å². The maximum absolute atomic E-state index is 13.4. The quantitative estimate of drug-likeness (QED) is 0.594. The zero-order valence-corrected chi connectivity index (χ0v) is 18.1. The highest BCUT2D eigenvalue weighted by Gasteiger charge is 2.34. The maximum atomic E-state index is 13.4. The van der Waals surface area contributed by atoms with Gasteiger partial charge in [-0.3, -0.25) is 4.68 Å². The molecule has 1 unspecified atom stereocenters. The lowest BCUT2D eigenvalue weighted by atomic mass is 10.0. The van der Waals surface area contributed by atoms with Crippen LogP contribution in [0.4, 0.5) is 0 Å². The summed E-state index contributed by atoms with van der Waals surface area (Å²) in [4.78, 5) is 0. The molecule has 0 N–H and O–H groups in total. The maximum Gasteiger partial charge on any atom is 0.282 e. The van der Waals surface area contributed by atoms with Gasteiger partial charge in [-0.15, -0.1) is 0 Å². The van der Waals surface area contributed by atoms with Crippen LogP contribution in [0, 0.1) is 19.8 Å². The van der Waals surface area contributed by atoms with Crippen molar-refractivity contribution in [2.24, 2.45) is 5.92 Å². The van der Waals surface area contributed by atoms with E-state index in [0.29, 0.717) is 39.4 Å². The second kappa shape index (κ2) is 9.97. The minimum Gasteiger partial charge on any atom is -0.384 e. The predicted octanol–water partition coefficient (Wildman–Crippen LogP) is 1.57. The Kier molecular flexibility index (Phi) is 8.23. The van der Waals surface area contributed by atoms with Gasteiger partial charge in [-0.25, -0.2) is 0 Å². The van der Waals surface area contributed by atoms with Crippen LogP contribution in [0.5, 0.6) is 0 Å². The predicted molar refractivity (Wildman–Crippen MR) is 105 cm³/mol. The van der Waals surface area contributed by atoms with Crippen LogP contribution in [0.3, 0.4) is 0 Å². The molecule has 9 heteroatoms. The zero-order valence-electron chi connectivity index (χ0n) is 17.3. The monoisotopic (exact) mass is 402 g/mol. The van der Waals surface area contributed by atoms with Gasteiger partial charge in [0.15, 0.2) is 0 Å². The van der Waals surface area contributed by atoms with Gasteiger partial charge in [0.05, 0.1) is 18.9 Å². The Morgan fingerprint density at radius 3 is 2.59 bits per heavy atom. The Labute approximate surface area is 163 Å². The van der Waals surface area contributed by atoms with Crippen molar-refractivity contribution < 1.29 is 17.9 Å². The van der Waals surface area contributed by atoms with E-state index in [1.54, 1.807) is 18.5 Å². The molecule has 0 aliphatic carbocycles. The van der Waals surface area contributed by atoms with Crippen LogP contribution in [0.1, 0.15) is 36.7 Å². The van der Waals surface area contributed by atoms with E-state index in [-0.39, 0.29) is 5.92 Å². The largest absolute Gasteiger partial charge is 0.384 e. The fourth-order valence-corrected chi connectivity index (χ4v) is 5.37. The number of rotatable bonds is 10. The van der Waals surface area contributed by atoms with Gasteiger partial charge in [0, 0.05) is 58.2 Å². The molecule has 1 atom stereocenters. The summed E-state index contributed by atoms with van der Waals surface area (Å²) in [5.74, 6) is 0.245. The number of methoxy groups -OCH3 is 2. The average Bonchev–Trinajstić information content (AvgIpc) is 2.92. The molecule has 2 rings (SSSR count). The SMILES string of the molecule is CCn1nc(C)c(CN(CCOC)S(=O)(=O)N2CCCC(COC)C2)c1C. The van der Waals surface area contributed by atoms with Crippen LogP contribution < -0.4 is 0 Å². The van der Waals surface area contributed by atoms with Crippen molar-refractivity contribution >= 4 is 10.2 Å². The summed E-state index contributed by atoms with van der Waals surface area (Å²) in [7, 11) is -0.332. The first-order chi connectivity index (χ1) is 12.8. The average molecular weight is 403 g/mol. The standard InChI is InChI=1S/C18H34N4O4S/c1-6-22-16(3)18(15(2)19-22)13-21(10-11-25-4)27(23,24)20-9-7-8-17(12-20)14-26-5/h17H,6-14H2,1-5H3. The van der Waals surface area contributed by atoms with Crippen molar-refractivity contribution in [1.29, 1.82) is 0 Å². The minimum atomic E-state index is -3.58. The van der Waals surface area contributed by atoms with Gasteiger partial charge in [0.1, 0.15) is 0 Å². The molecule has 1 fully saturated rings. The number of nitrogens with zero attached hydrogens (tertiary/aromatic N) is 4. The molecule has 27 heavy (non-hydrogen) atoms. The fourth-order valence-electron chi connectivity index (χ4n) is 3.69. The smallest absolute Gasteiger partial charge is 0.282 e. The Balaban J connectivity index is 2.25. The first-order valence-electron chi connectivity index (χ1n) is 9.61. The highest BCUT2D eigenvalue weighted by molar-refractivity contribution is 7.86. The number of hydrogen-bond acceptors (Lipinski definition) is 5. The van der Waals surface area contributed by atoms with E-state index in [9.17, 15) is 8.42 Å². The molecule has 0 radical (unpaired) electrons. The topological polar surface area (TPSA) is 76.9 Å². The molecule has 2 heterocycles. The zero-order chi connectivity index (χ0) is 20.0. The Morgan fingerprint density at radius 2 is 2.00 bits per heavy atom. The Bertz CT molecular complexity index is 702. The lowest BCUT2D eigenvalue weighted by Crippen LogP contribution is -2.49. The summed E-state index contributed by atoms with van der Waals surface area (Å²) >= 11 is 0. The molecule has 156 valence electrons. The van der Waals surface area contributed by atoms with E-state index in [1.165, 1.54) is 4.31 Å². The highest BCUT2D eigenvalue weighted by atomic mass is 32.2. The summed E-state index contributed by atoms with van der Waals surface area (Å²) in [5, 5.41) is 4.53. The number of aromatic nitrogens is 2. The van der Waals surface area contributed by atoms with Crippen molar-refractivity contribution in [1.82, 2.24) is 18.4 Å². The van der Waals surface area contributed by atoms with Crippen LogP contribution in [0.2, 0.25) is 0 Å². The van der Waals surface area contributed by atoms with E-state index >= 15 is 0 Å². The third-order valence-corrected chi connectivity index (χ3v) is 7.20. The van der Waals surface area contributed by atoms with Gasteiger partial charge in [0.2, 0.25) is 0 Å². The van der Waals surface area contributed by atoms with E-state index in [0.717, 1.165) is 36.3 Å².